The Kier molecular flexibility index (Phi) is 4.72. The number of halogens is 1. The molecule has 0 spiro atoms. The van der Waals surface area contributed by atoms with Crippen LogP contribution >= 0.6 is 11.3 Å². The zero-order valence-electron chi connectivity index (χ0n) is 13.3. The van der Waals surface area contributed by atoms with E-state index in [1.54, 1.807) is 6.07 Å². The number of benzene rings is 1. The predicted molar refractivity (Wildman–Crippen MR) is 90.7 cm³/mol. The number of fused-ring (bicyclic) bond motifs is 1. The van der Waals surface area contributed by atoms with Gasteiger partial charge in [-0.2, -0.15) is 0 Å². The molecule has 0 bridgehead atoms. The van der Waals surface area contributed by atoms with Crippen molar-refractivity contribution in [3.63, 3.8) is 0 Å². The van der Waals surface area contributed by atoms with Gasteiger partial charge in [0.05, 0.1) is 11.1 Å². The Morgan fingerprint density at radius 2 is 1.92 bits per heavy atom. The summed E-state index contributed by atoms with van der Waals surface area (Å²) >= 11 is 1.17. The van der Waals surface area contributed by atoms with Gasteiger partial charge < -0.3 is 0 Å². The summed E-state index contributed by atoms with van der Waals surface area (Å²) in [5.74, 6) is -2.13. The summed E-state index contributed by atoms with van der Waals surface area (Å²) in [5, 5.41) is 0. The van der Waals surface area contributed by atoms with Gasteiger partial charge in [-0.05, 0) is 30.7 Å². The van der Waals surface area contributed by atoms with Crippen molar-refractivity contribution in [1.29, 1.82) is 0 Å². The van der Waals surface area contributed by atoms with Crippen LogP contribution in [-0.2, 0) is 16.4 Å². The number of sulfonamides is 1. The average molecular weight is 382 g/mol. The van der Waals surface area contributed by atoms with Gasteiger partial charge in [0, 0.05) is 18.0 Å². The monoisotopic (exact) mass is 382 g/mol. The van der Waals surface area contributed by atoms with E-state index in [2.05, 4.69) is 4.72 Å². The number of amides is 2. The first-order valence-electron chi connectivity index (χ1n) is 7.58. The fraction of sp³-hybridized carbons (Fsp3) is 0.250. The van der Waals surface area contributed by atoms with E-state index in [0.717, 1.165) is 22.3 Å². The van der Waals surface area contributed by atoms with Crippen LogP contribution in [0.3, 0.4) is 0 Å². The van der Waals surface area contributed by atoms with Gasteiger partial charge in [-0.1, -0.05) is 13.0 Å². The topological polar surface area (TPSA) is 83.6 Å². The van der Waals surface area contributed by atoms with Crippen LogP contribution < -0.4 is 4.72 Å². The minimum atomic E-state index is -3.71. The zero-order valence-corrected chi connectivity index (χ0v) is 14.9. The van der Waals surface area contributed by atoms with Gasteiger partial charge in [-0.25, -0.2) is 17.5 Å². The fourth-order valence-corrected chi connectivity index (χ4v) is 4.91. The second-order valence-electron chi connectivity index (χ2n) is 5.40. The highest BCUT2D eigenvalue weighted by Crippen LogP contribution is 2.25. The molecule has 0 unspecified atom stereocenters. The summed E-state index contributed by atoms with van der Waals surface area (Å²) < 4.78 is 40.7. The number of rotatable bonds is 6. The summed E-state index contributed by atoms with van der Waals surface area (Å²) in [6.07, 6.45) is 0.737. The molecule has 1 aliphatic rings. The van der Waals surface area contributed by atoms with Gasteiger partial charge in [0.15, 0.2) is 0 Å². The third-order valence-corrected chi connectivity index (χ3v) is 7.01. The van der Waals surface area contributed by atoms with Crippen LogP contribution in [0, 0.1) is 5.82 Å². The molecule has 2 aromatic rings. The average Bonchev–Trinajstić information content (AvgIpc) is 3.15. The molecule has 9 heteroatoms. The molecule has 1 aromatic carbocycles. The number of nitrogens with zero attached hydrogens (tertiary/aromatic N) is 1. The number of carbonyl (C=O) groups is 2. The van der Waals surface area contributed by atoms with Crippen LogP contribution in [0.2, 0.25) is 0 Å². The van der Waals surface area contributed by atoms with E-state index in [1.165, 1.54) is 29.5 Å². The van der Waals surface area contributed by atoms with Crippen molar-refractivity contribution in [3.05, 3.63) is 52.2 Å². The molecule has 1 aromatic heterocycles. The van der Waals surface area contributed by atoms with E-state index in [-0.39, 0.29) is 28.4 Å². The highest BCUT2D eigenvalue weighted by Gasteiger charge is 2.37. The van der Waals surface area contributed by atoms with E-state index in [9.17, 15) is 22.4 Å². The lowest BCUT2D eigenvalue weighted by Gasteiger charge is -2.14. The number of thiophene rings is 1. The third-order valence-electron chi connectivity index (χ3n) is 3.83. The molecule has 6 nitrogen and oxygen atoms in total. The van der Waals surface area contributed by atoms with Crippen LogP contribution in [0.1, 0.15) is 32.5 Å². The number of nitrogens with one attached hydrogen (secondary N) is 1. The molecule has 1 aliphatic heterocycles. The lowest BCUT2D eigenvalue weighted by Crippen LogP contribution is -2.38. The molecule has 132 valence electrons. The number of aryl methyl sites for hydroxylation is 1. The Balaban J connectivity index is 1.68. The molecule has 2 heterocycles. The second-order valence-corrected chi connectivity index (χ2v) is 8.56. The molecule has 3 rings (SSSR count). The van der Waals surface area contributed by atoms with E-state index in [0.29, 0.717) is 0 Å². The number of hydrogen-bond acceptors (Lipinski definition) is 5. The number of imide groups is 1. The first-order chi connectivity index (χ1) is 11.8. The predicted octanol–water partition coefficient (Wildman–Crippen LogP) is 2.02. The standard InChI is InChI=1S/C16H15FN2O4S2/c1-2-10-6-7-13(24-10)25(22,23)18-8-9-19-15(20)11-4-3-5-12(17)14(11)16(19)21/h3-7,18H,2,8-9H2,1H3. The van der Waals surface area contributed by atoms with Crippen molar-refractivity contribution in [2.45, 2.75) is 17.6 Å². The molecule has 0 aliphatic carbocycles. The maximum atomic E-state index is 13.7. The van der Waals surface area contributed by atoms with Crippen molar-refractivity contribution in [2.24, 2.45) is 0 Å². The summed E-state index contributed by atoms with van der Waals surface area (Å²) in [5.41, 5.74) is -0.264. The SMILES string of the molecule is CCc1ccc(S(=O)(=O)NCCN2C(=O)c3cccc(F)c3C2=O)s1. The maximum Gasteiger partial charge on any atom is 0.264 e. The van der Waals surface area contributed by atoms with Gasteiger partial charge in [-0.3, -0.25) is 14.5 Å². The van der Waals surface area contributed by atoms with Gasteiger partial charge >= 0.3 is 0 Å². The van der Waals surface area contributed by atoms with E-state index in [1.807, 2.05) is 6.92 Å². The summed E-state index contributed by atoms with van der Waals surface area (Å²) in [7, 11) is -3.71. The first-order valence-corrected chi connectivity index (χ1v) is 9.88. The van der Waals surface area contributed by atoms with Crippen LogP contribution in [0.5, 0.6) is 0 Å². The van der Waals surface area contributed by atoms with Gasteiger partial charge in [0.25, 0.3) is 11.8 Å². The van der Waals surface area contributed by atoms with Crippen LogP contribution in [-0.4, -0.2) is 38.2 Å². The minimum Gasteiger partial charge on any atom is -0.273 e. The van der Waals surface area contributed by atoms with Crippen molar-refractivity contribution < 1.29 is 22.4 Å². The van der Waals surface area contributed by atoms with Gasteiger partial charge in [-0.15, -0.1) is 11.3 Å². The molecular weight excluding hydrogens is 367 g/mol. The molecule has 2 amide bonds. The summed E-state index contributed by atoms with van der Waals surface area (Å²) in [6, 6.07) is 7.10. The van der Waals surface area contributed by atoms with Crippen molar-refractivity contribution in [2.75, 3.05) is 13.1 Å². The molecule has 0 fully saturated rings. The normalized spacial score (nSPS) is 14.2. The van der Waals surface area contributed by atoms with E-state index < -0.39 is 27.7 Å². The smallest absolute Gasteiger partial charge is 0.264 e. The minimum absolute atomic E-state index is 0.00120. The van der Waals surface area contributed by atoms with Gasteiger partial charge in [0.2, 0.25) is 10.0 Å². The van der Waals surface area contributed by atoms with Crippen molar-refractivity contribution in [1.82, 2.24) is 9.62 Å². The third kappa shape index (κ3) is 3.22. The Hall–Kier alpha value is -2.10. The van der Waals surface area contributed by atoms with Crippen LogP contribution in [0.25, 0.3) is 0 Å². The summed E-state index contributed by atoms with van der Waals surface area (Å²) in [6.45, 7) is 1.61. The summed E-state index contributed by atoms with van der Waals surface area (Å²) in [4.78, 5) is 26.2. The molecule has 0 atom stereocenters. The lowest BCUT2D eigenvalue weighted by molar-refractivity contribution is 0.0656. The van der Waals surface area contributed by atoms with E-state index in [4.69, 9.17) is 0 Å². The first kappa shape index (κ1) is 17.7. The molecule has 0 saturated carbocycles. The van der Waals surface area contributed by atoms with Gasteiger partial charge in [0.1, 0.15) is 10.0 Å². The maximum absolute atomic E-state index is 13.7. The fourth-order valence-electron chi connectivity index (χ4n) is 2.55. The second kappa shape index (κ2) is 6.66. The molecular formula is C16H15FN2O4S2. The molecule has 1 N–H and O–H groups in total. The Morgan fingerprint density at radius 1 is 1.16 bits per heavy atom. The van der Waals surface area contributed by atoms with Crippen LogP contribution in [0.4, 0.5) is 4.39 Å². The molecule has 25 heavy (non-hydrogen) atoms. The Labute approximate surface area is 148 Å². The van der Waals surface area contributed by atoms with Crippen molar-refractivity contribution in [3.8, 4) is 0 Å². The van der Waals surface area contributed by atoms with Crippen molar-refractivity contribution >= 4 is 33.2 Å². The molecule has 0 saturated heterocycles. The Morgan fingerprint density at radius 3 is 2.56 bits per heavy atom. The number of carbonyl (C=O) groups excluding carboxylic acids is 2. The van der Waals surface area contributed by atoms with Crippen LogP contribution in [0.15, 0.2) is 34.5 Å². The largest absolute Gasteiger partial charge is 0.273 e. The lowest BCUT2D eigenvalue weighted by atomic mass is 10.1. The molecule has 0 radical (unpaired) electrons. The number of hydrogen-bond donors (Lipinski definition) is 1. The quantitative estimate of drug-likeness (QED) is 0.775. The Bertz CT molecular complexity index is 953. The van der Waals surface area contributed by atoms with E-state index >= 15 is 0 Å². The highest BCUT2D eigenvalue weighted by atomic mass is 32.2. The highest BCUT2D eigenvalue weighted by molar-refractivity contribution is 7.91. The zero-order chi connectivity index (χ0) is 18.2.